The van der Waals surface area contributed by atoms with E-state index in [1.54, 1.807) is 0 Å². The second kappa shape index (κ2) is 13.2. The van der Waals surface area contributed by atoms with Crippen molar-refractivity contribution in [3.63, 3.8) is 0 Å². The predicted molar refractivity (Wildman–Crippen MR) is 94.6 cm³/mol. The number of hydrogen-bond acceptors (Lipinski definition) is 7. The van der Waals surface area contributed by atoms with Gasteiger partial charge in [-0.3, -0.25) is 0 Å². The number of benzene rings is 1. The van der Waals surface area contributed by atoms with Gasteiger partial charge in [-0.15, -0.1) is 13.1 Å². The molecular formula is C16H18F4LaN4O3S-2. The summed E-state index contributed by atoms with van der Waals surface area (Å²) in [6, 6.07) is 2.01. The van der Waals surface area contributed by atoms with Crippen LogP contribution in [0.4, 0.5) is 17.6 Å². The van der Waals surface area contributed by atoms with E-state index in [4.69, 9.17) is 5.73 Å². The zero-order valence-electron chi connectivity index (χ0n) is 15.4. The average Bonchev–Trinajstić information content (AvgIpc) is 3.08. The van der Waals surface area contributed by atoms with Crippen molar-refractivity contribution in [2.24, 2.45) is 5.73 Å². The molecule has 159 valence electrons. The van der Waals surface area contributed by atoms with Gasteiger partial charge in [0.05, 0.1) is 0 Å². The summed E-state index contributed by atoms with van der Waals surface area (Å²) in [6.07, 6.45) is -3.68. The molecule has 0 fully saturated rings. The molecule has 2 rings (SSSR count). The molecule has 0 amide bonds. The number of hydrogen-bond donors (Lipinski definition) is 2. The Labute approximate surface area is 197 Å². The number of aromatic nitrogens is 2. The first-order valence-electron chi connectivity index (χ1n) is 8.05. The monoisotopic (exact) mass is 561 g/mol. The van der Waals surface area contributed by atoms with Crippen molar-refractivity contribution < 1.29 is 67.6 Å². The number of aromatic hydroxyl groups is 1. The van der Waals surface area contributed by atoms with Crippen molar-refractivity contribution in [1.82, 2.24) is 10.1 Å². The summed E-state index contributed by atoms with van der Waals surface area (Å²) in [5.74, 6) is -3.22. The van der Waals surface area contributed by atoms with E-state index in [0.717, 1.165) is 18.6 Å². The Morgan fingerprint density at radius 2 is 2.03 bits per heavy atom. The molecular weight excluding hydrogens is 543 g/mol. The van der Waals surface area contributed by atoms with Crippen LogP contribution >= 0.6 is 0 Å². The number of rotatable bonds is 7. The minimum Gasteiger partial charge on any atom is -0.742 e. The summed E-state index contributed by atoms with van der Waals surface area (Å²) in [7, 11) is 0. The first-order valence-corrected chi connectivity index (χ1v) is 8.46. The molecule has 3 N–H and O–H groups in total. The minimum atomic E-state index is -4.79. The fourth-order valence-electron chi connectivity index (χ4n) is 1.83. The molecule has 13 heteroatoms. The van der Waals surface area contributed by atoms with E-state index in [2.05, 4.69) is 32.6 Å². The van der Waals surface area contributed by atoms with Gasteiger partial charge in [-0.1, -0.05) is 18.5 Å². The van der Waals surface area contributed by atoms with Crippen LogP contribution in [0.3, 0.4) is 0 Å². The Morgan fingerprint density at radius 1 is 1.38 bits per heavy atom. The maximum Gasteiger partial charge on any atom is 0.471 e. The SMILES string of the molecule is CCC[N-]Cc1c(O)cc(-c2noc(C(F)(F)F)n2)cc1F.NCCC(=O)[S-].[La]. The topological polar surface area (TPSA) is 116 Å². The number of nitrogens with zero attached hydrogens (tertiary/aromatic N) is 3. The van der Waals surface area contributed by atoms with Gasteiger partial charge in [-0.25, -0.2) is 4.39 Å². The molecule has 1 radical (unpaired) electrons. The van der Waals surface area contributed by atoms with Gasteiger partial charge in [0, 0.05) is 51.8 Å². The summed E-state index contributed by atoms with van der Waals surface area (Å²) in [6.45, 7) is 2.77. The zero-order chi connectivity index (χ0) is 21.3. The molecule has 0 aliphatic rings. The van der Waals surface area contributed by atoms with E-state index in [1.165, 1.54) is 0 Å². The Kier molecular flexibility index (Phi) is 12.7. The Morgan fingerprint density at radius 3 is 2.45 bits per heavy atom. The molecule has 0 aliphatic carbocycles. The number of carbonyl (C=O) groups is 1. The van der Waals surface area contributed by atoms with Gasteiger partial charge in [-0.2, -0.15) is 18.2 Å². The Balaban J connectivity index is 0.000000981. The number of carbonyl (C=O) groups excluding carboxylic acids is 1. The van der Waals surface area contributed by atoms with E-state index in [0.29, 0.717) is 19.5 Å². The van der Waals surface area contributed by atoms with E-state index >= 15 is 0 Å². The fraction of sp³-hybridized carbons (Fsp3) is 0.438. The second-order valence-electron chi connectivity index (χ2n) is 5.39. The van der Waals surface area contributed by atoms with Crippen molar-refractivity contribution >= 4 is 17.7 Å². The predicted octanol–water partition coefficient (Wildman–Crippen LogP) is 3.29. The van der Waals surface area contributed by atoms with Crippen molar-refractivity contribution in [2.45, 2.75) is 32.5 Å². The molecule has 0 aliphatic heterocycles. The van der Waals surface area contributed by atoms with Gasteiger partial charge in [0.1, 0.15) is 11.6 Å². The van der Waals surface area contributed by atoms with Crippen LogP contribution in [0.2, 0.25) is 0 Å². The van der Waals surface area contributed by atoms with Gasteiger partial charge in [0.25, 0.3) is 0 Å². The third-order valence-electron chi connectivity index (χ3n) is 3.10. The second-order valence-corrected chi connectivity index (χ2v) is 5.85. The molecule has 0 unspecified atom stereocenters. The van der Waals surface area contributed by atoms with Crippen molar-refractivity contribution in [1.29, 1.82) is 0 Å². The van der Waals surface area contributed by atoms with Crippen molar-refractivity contribution in [3.8, 4) is 17.1 Å². The molecule has 1 heterocycles. The molecule has 1 aromatic carbocycles. The standard InChI is InChI=1S/C13H12F4N3O2.C3H7NOS.La/c1-2-3-18-6-8-9(14)4-7(5-10(8)21)11-19-12(22-20-11)13(15,16)17;4-2-1-3(5)6;/h4-5,21H,2-3,6H2,1H3;1-2,4H2,(H,5,6);/q-1;;/p-1. The molecule has 0 bridgehead atoms. The Bertz CT molecular complexity index is 767. The number of phenolic OH excluding ortho intramolecular Hbond substituents is 1. The molecule has 0 spiro atoms. The van der Waals surface area contributed by atoms with Crippen LogP contribution in [0.25, 0.3) is 16.7 Å². The first kappa shape index (κ1) is 27.9. The van der Waals surface area contributed by atoms with Crippen LogP contribution in [0.1, 0.15) is 31.2 Å². The maximum absolute atomic E-state index is 13.9. The summed E-state index contributed by atoms with van der Waals surface area (Å²) in [4.78, 5) is 12.9. The molecule has 7 nitrogen and oxygen atoms in total. The summed E-state index contributed by atoms with van der Waals surface area (Å²) in [5, 5.41) is 16.7. The molecule has 1 aromatic heterocycles. The molecule has 29 heavy (non-hydrogen) atoms. The first-order chi connectivity index (χ1) is 13.1. The largest absolute Gasteiger partial charge is 0.742 e. The smallest absolute Gasteiger partial charge is 0.471 e. The van der Waals surface area contributed by atoms with Gasteiger partial charge in [0.15, 0.2) is 0 Å². The normalized spacial score (nSPS) is 10.7. The van der Waals surface area contributed by atoms with Gasteiger partial charge < -0.3 is 38.1 Å². The summed E-state index contributed by atoms with van der Waals surface area (Å²) in [5.41, 5.74) is 4.79. The summed E-state index contributed by atoms with van der Waals surface area (Å²) >= 11 is 4.16. The van der Waals surface area contributed by atoms with E-state index < -0.39 is 29.5 Å². The Hall–Kier alpha value is -1.12. The van der Waals surface area contributed by atoms with Gasteiger partial charge >= 0.3 is 12.1 Å². The quantitative estimate of drug-likeness (QED) is 0.303. The van der Waals surface area contributed by atoms with E-state index in [1.807, 2.05) is 6.92 Å². The number of phenols is 1. The number of nitrogens with two attached hydrogens (primary N) is 1. The minimum absolute atomic E-state index is 0. The number of alkyl halides is 3. The van der Waals surface area contributed by atoms with Crippen LogP contribution < -0.4 is 5.73 Å². The van der Waals surface area contributed by atoms with E-state index in [-0.39, 0.29) is 58.4 Å². The molecule has 2 aromatic rings. The molecule has 0 saturated heterocycles. The zero-order valence-corrected chi connectivity index (χ0v) is 19.8. The summed E-state index contributed by atoms with van der Waals surface area (Å²) < 4.78 is 55.1. The maximum atomic E-state index is 13.9. The number of halogens is 4. The van der Waals surface area contributed by atoms with Crippen LogP contribution in [0.5, 0.6) is 5.75 Å². The van der Waals surface area contributed by atoms with Crippen LogP contribution in [0, 0.1) is 41.4 Å². The van der Waals surface area contributed by atoms with Gasteiger partial charge in [0.2, 0.25) is 5.82 Å². The van der Waals surface area contributed by atoms with E-state index in [9.17, 15) is 27.5 Å². The fourth-order valence-corrected chi connectivity index (χ4v) is 1.95. The third kappa shape index (κ3) is 9.49. The molecule has 0 saturated carbocycles. The van der Waals surface area contributed by atoms with Crippen LogP contribution in [-0.2, 0) is 30.1 Å². The van der Waals surface area contributed by atoms with Crippen LogP contribution in [-0.4, -0.2) is 33.5 Å². The third-order valence-corrected chi connectivity index (χ3v) is 3.30. The van der Waals surface area contributed by atoms with Crippen molar-refractivity contribution in [3.05, 3.63) is 34.7 Å². The average molecular weight is 561 g/mol. The van der Waals surface area contributed by atoms with Crippen LogP contribution in [0.15, 0.2) is 16.7 Å². The molecule has 0 atom stereocenters. The van der Waals surface area contributed by atoms with Gasteiger partial charge in [-0.05, 0) is 25.1 Å². The van der Waals surface area contributed by atoms with Crippen molar-refractivity contribution in [2.75, 3.05) is 13.1 Å².